The zero-order valence-electron chi connectivity index (χ0n) is 14.5. The first kappa shape index (κ1) is 16.4. The van der Waals surface area contributed by atoms with E-state index in [4.69, 9.17) is 0 Å². The van der Waals surface area contributed by atoms with Crippen LogP contribution in [0.2, 0.25) is 0 Å². The highest BCUT2D eigenvalue weighted by Gasteiger charge is 2.34. The number of aromatic nitrogens is 3. The normalized spacial score (nSPS) is 18.2. The van der Waals surface area contributed by atoms with Crippen LogP contribution in [0.15, 0.2) is 18.5 Å². The molecule has 1 aliphatic rings. The van der Waals surface area contributed by atoms with E-state index in [1.54, 1.807) is 17.8 Å². The van der Waals surface area contributed by atoms with Gasteiger partial charge in [0.05, 0.1) is 11.9 Å². The van der Waals surface area contributed by atoms with Crippen LogP contribution in [0.3, 0.4) is 0 Å². The van der Waals surface area contributed by atoms with Crippen LogP contribution < -0.4 is 5.32 Å². The molecule has 0 bridgehead atoms. The highest BCUT2D eigenvalue weighted by molar-refractivity contribution is 5.99. The van der Waals surface area contributed by atoms with Crippen LogP contribution in [0.25, 0.3) is 5.65 Å². The van der Waals surface area contributed by atoms with Gasteiger partial charge in [0.2, 0.25) is 5.91 Å². The van der Waals surface area contributed by atoms with Gasteiger partial charge in [0, 0.05) is 37.7 Å². The van der Waals surface area contributed by atoms with Crippen molar-refractivity contribution in [2.45, 2.75) is 33.1 Å². The molecule has 7 nitrogen and oxygen atoms in total. The second-order valence-corrected chi connectivity index (χ2v) is 7.23. The van der Waals surface area contributed by atoms with E-state index in [0.29, 0.717) is 17.8 Å². The minimum absolute atomic E-state index is 0.168. The smallest absolute Gasteiger partial charge is 0.256 e. The molecule has 1 unspecified atom stereocenters. The first-order chi connectivity index (χ1) is 11.3. The highest BCUT2D eigenvalue weighted by atomic mass is 16.2. The van der Waals surface area contributed by atoms with Crippen LogP contribution in [0, 0.1) is 5.41 Å². The molecule has 2 aromatic heterocycles. The first-order valence-corrected chi connectivity index (χ1v) is 8.17. The Morgan fingerprint density at radius 3 is 2.75 bits per heavy atom. The predicted octanol–water partition coefficient (Wildman–Crippen LogP) is 1.45. The standard InChI is InChI=1S/C17H23N5O2/c1-17(2,3)16(24)21-8-6-11(10-21)13-5-7-19-14-12(15(23)18-4)9-20-22(13)14/h5,7,9,11H,6,8,10H2,1-4H3,(H,18,23). The van der Waals surface area contributed by atoms with Crippen LogP contribution >= 0.6 is 0 Å². The number of hydrogen-bond acceptors (Lipinski definition) is 4. The Hall–Kier alpha value is -2.44. The van der Waals surface area contributed by atoms with E-state index in [-0.39, 0.29) is 23.1 Å². The summed E-state index contributed by atoms with van der Waals surface area (Å²) in [6, 6.07) is 1.92. The largest absolute Gasteiger partial charge is 0.355 e. The lowest BCUT2D eigenvalue weighted by molar-refractivity contribution is -0.138. The number of fused-ring (bicyclic) bond motifs is 1. The molecule has 24 heavy (non-hydrogen) atoms. The number of rotatable bonds is 2. The number of carbonyl (C=O) groups excluding carboxylic acids is 2. The van der Waals surface area contributed by atoms with Crippen LogP contribution in [0.4, 0.5) is 0 Å². The third-order valence-corrected chi connectivity index (χ3v) is 4.44. The number of likely N-dealkylation sites (tertiary alicyclic amines) is 1. The summed E-state index contributed by atoms with van der Waals surface area (Å²) in [6.45, 7) is 7.24. The van der Waals surface area contributed by atoms with Crippen molar-refractivity contribution in [3.05, 3.63) is 29.7 Å². The Morgan fingerprint density at radius 1 is 1.33 bits per heavy atom. The van der Waals surface area contributed by atoms with Gasteiger partial charge in [-0.05, 0) is 12.5 Å². The van der Waals surface area contributed by atoms with E-state index in [1.807, 2.05) is 31.7 Å². The van der Waals surface area contributed by atoms with Crippen molar-refractivity contribution in [3.8, 4) is 0 Å². The van der Waals surface area contributed by atoms with Crippen molar-refractivity contribution in [1.29, 1.82) is 0 Å². The van der Waals surface area contributed by atoms with Crippen molar-refractivity contribution in [1.82, 2.24) is 24.8 Å². The summed E-state index contributed by atoms with van der Waals surface area (Å²) in [5.74, 6) is 0.159. The van der Waals surface area contributed by atoms with Gasteiger partial charge in [-0.1, -0.05) is 20.8 Å². The van der Waals surface area contributed by atoms with Gasteiger partial charge in [-0.25, -0.2) is 9.50 Å². The van der Waals surface area contributed by atoms with Crippen LogP contribution in [0.1, 0.15) is 49.2 Å². The average molecular weight is 329 g/mol. The van der Waals surface area contributed by atoms with Gasteiger partial charge in [-0.15, -0.1) is 0 Å². The van der Waals surface area contributed by atoms with Crippen molar-refractivity contribution < 1.29 is 9.59 Å². The molecule has 0 spiro atoms. The number of nitrogens with one attached hydrogen (secondary N) is 1. The summed E-state index contributed by atoms with van der Waals surface area (Å²) in [4.78, 5) is 30.6. The molecule has 1 N–H and O–H groups in total. The van der Waals surface area contributed by atoms with Gasteiger partial charge in [0.15, 0.2) is 5.65 Å². The summed E-state index contributed by atoms with van der Waals surface area (Å²) < 4.78 is 1.72. The molecule has 7 heteroatoms. The first-order valence-electron chi connectivity index (χ1n) is 8.17. The van der Waals surface area contributed by atoms with E-state index in [0.717, 1.165) is 18.7 Å². The van der Waals surface area contributed by atoms with Crippen molar-refractivity contribution >= 4 is 17.5 Å². The maximum absolute atomic E-state index is 12.5. The molecule has 1 atom stereocenters. The quantitative estimate of drug-likeness (QED) is 0.904. The van der Waals surface area contributed by atoms with Gasteiger partial charge >= 0.3 is 0 Å². The maximum atomic E-state index is 12.5. The minimum atomic E-state index is -0.374. The summed E-state index contributed by atoms with van der Waals surface area (Å²) in [5, 5.41) is 6.94. The minimum Gasteiger partial charge on any atom is -0.355 e. The number of hydrogen-bond donors (Lipinski definition) is 1. The summed E-state index contributed by atoms with van der Waals surface area (Å²) in [7, 11) is 1.59. The lowest BCUT2D eigenvalue weighted by Crippen LogP contribution is -2.37. The summed E-state index contributed by atoms with van der Waals surface area (Å²) in [5.41, 5.74) is 1.62. The molecule has 0 aromatic carbocycles. The highest BCUT2D eigenvalue weighted by Crippen LogP contribution is 2.30. The number of nitrogens with zero attached hydrogens (tertiary/aromatic N) is 4. The fourth-order valence-electron chi connectivity index (χ4n) is 3.17. The van der Waals surface area contributed by atoms with E-state index in [9.17, 15) is 9.59 Å². The fourth-order valence-corrected chi connectivity index (χ4v) is 3.17. The van der Waals surface area contributed by atoms with Gasteiger partial charge in [0.25, 0.3) is 5.91 Å². The molecule has 3 heterocycles. The zero-order chi connectivity index (χ0) is 17.5. The summed E-state index contributed by atoms with van der Waals surface area (Å²) >= 11 is 0. The molecule has 1 aliphatic heterocycles. The molecular formula is C17H23N5O2. The molecule has 1 saturated heterocycles. The lowest BCUT2D eigenvalue weighted by Gasteiger charge is -2.25. The van der Waals surface area contributed by atoms with Crippen LogP contribution in [-0.4, -0.2) is 51.4 Å². The van der Waals surface area contributed by atoms with Crippen LogP contribution in [0.5, 0.6) is 0 Å². The molecule has 2 aromatic rings. The molecule has 0 saturated carbocycles. The van der Waals surface area contributed by atoms with Gasteiger partial charge in [-0.3, -0.25) is 9.59 Å². The fraction of sp³-hybridized carbons (Fsp3) is 0.529. The maximum Gasteiger partial charge on any atom is 0.256 e. The van der Waals surface area contributed by atoms with Crippen LogP contribution in [-0.2, 0) is 4.79 Å². The topological polar surface area (TPSA) is 79.6 Å². The predicted molar refractivity (Wildman–Crippen MR) is 89.8 cm³/mol. The molecule has 3 rings (SSSR count). The van der Waals surface area contributed by atoms with E-state index in [1.165, 1.54) is 6.20 Å². The molecule has 1 fully saturated rings. The molecular weight excluding hydrogens is 306 g/mol. The van der Waals surface area contributed by atoms with Crippen molar-refractivity contribution in [3.63, 3.8) is 0 Å². The van der Waals surface area contributed by atoms with Gasteiger partial charge in [-0.2, -0.15) is 5.10 Å². The second-order valence-electron chi connectivity index (χ2n) is 7.23. The molecule has 128 valence electrons. The third kappa shape index (κ3) is 2.74. The summed E-state index contributed by atoms with van der Waals surface area (Å²) in [6.07, 6.45) is 4.13. The SMILES string of the molecule is CNC(=O)c1cnn2c(C3CCN(C(=O)C(C)(C)C)C3)ccnc12. The van der Waals surface area contributed by atoms with E-state index in [2.05, 4.69) is 15.4 Å². The Labute approximate surface area is 141 Å². The Kier molecular flexibility index (Phi) is 4.03. The Balaban J connectivity index is 1.90. The molecule has 0 aliphatic carbocycles. The lowest BCUT2D eigenvalue weighted by atomic mass is 9.95. The number of carbonyl (C=O) groups is 2. The Bertz CT molecular complexity index is 790. The Morgan fingerprint density at radius 2 is 2.08 bits per heavy atom. The average Bonchev–Trinajstić information content (AvgIpc) is 3.19. The molecule has 0 radical (unpaired) electrons. The van der Waals surface area contributed by atoms with Crippen molar-refractivity contribution in [2.24, 2.45) is 5.41 Å². The second kappa shape index (κ2) is 5.89. The van der Waals surface area contributed by atoms with Gasteiger partial charge < -0.3 is 10.2 Å². The van der Waals surface area contributed by atoms with Crippen molar-refractivity contribution in [2.75, 3.05) is 20.1 Å². The zero-order valence-corrected chi connectivity index (χ0v) is 14.5. The van der Waals surface area contributed by atoms with Gasteiger partial charge in [0.1, 0.15) is 5.56 Å². The number of amides is 2. The van der Waals surface area contributed by atoms with E-state index < -0.39 is 0 Å². The third-order valence-electron chi connectivity index (χ3n) is 4.44. The van der Waals surface area contributed by atoms with E-state index >= 15 is 0 Å². The molecule has 2 amide bonds. The monoisotopic (exact) mass is 329 g/mol.